The second-order valence-electron chi connectivity index (χ2n) is 4.85. The van der Waals surface area contributed by atoms with Crippen molar-refractivity contribution in [2.45, 2.75) is 40.0 Å². The Labute approximate surface area is 128 Å². The van der Waals surface area contributed by atoms with Gasteiger partial charge < -0.3 is 10.5 Å². The summed E-state index contributed by atoms with van der Waals surface area (Å²) in [6, 6.07) is 7.92. The zero-order valence-electron chi connectivity index (χ0n) is 12.1. The third-order valence-electron chi connectivity index (χ3n) is 3.13. The van der Waals surface area contributed by atoms with Crippen LogP contribution in [0.3, 0.4) is 0 Å². The van der Waals surface area contributed by atoms with E-state index in [-0.39, 0.29) is 6.04 Å². The van der Waals surface area contributed by atoms with Gasteiger partial charge in [0.05, 0.1) is 11.4 Å². The highest BCUT2D eigenvalue weighted by Crippen LogP contribution is 2.28. The Bertz CT molecular complexity index is 593. The quantitative estimate of drug-likeness (QED) is 0.907. The van der Waals surface area contributed by atoms with E-state index in [2.05, 4.69) is 28.0 Å². The van der Waals surface area contributed by atoms with E-state index >= 15 is 0 Å². The van der Waals surface area contributed by atoms with Crippen molar-refractivity contribution < 1.29 is 4.74 Å². The Morgan fingerprint density at radius 1 is 1.40 bits per heavy atom. The van der Waals surface area contributed by atoms with Crippen molar-refractivity contribution in [3.63, 3.8) is 0 Å². The lowest BCUT2D eigenvalue weighted by Gasteiger charge is -2.14. The van der Waals surface area contributed by atoms with E-state index in [0.29, 0.717) is 6.61 Å². The Balaban J connectivity index is 2.20. The summed E-state index contributed by atoms with van der Waals surface area (Å²) in [5.74, 6) is 0.816. The van der Waals surface area contributed by atoms with Crippen molar-refractivity contribution in [3.05, 3.63) is 45.7 Å². The van der Waals surface area contributed by atoms with Gasteiger partial charge in [-0.1, -0.05) is 22.0 Å². The summed E-state index contributed by atoms with van der Waals surface area (Å²) in [6.07, 6.45) is 0. The molecule has 1 aromatic carbocycles. The van der Waals surface area contributed by atoms with Crippen LogP contribution >= 0.6 is 15.9 Å². The van der Waals surface area contributed by atoms with Crippen molar-refractivity contribution in [1.29, 1.82) is 0 Å². The predicted molar refractivity (Wildman–Crippen MR) is 83.7 cm³/mol. The SMILES string of the molecule is CCn1nc(C)cc1COc1cc(Br)ccc1[C@H](C)N. The minimum atomic E-state index is -0.0593. The topological polar surface area (TPSA) is 53.1 Å². The highest BCUT2D eigenvalue weighted by atomic mass is 79.9. The van der Waals surface area contributed by atoms with E-state index in [9.17, 15) is 0 Å². The zero-order chi connectivity index (χ0) is 14.7. The molecule has 1 aromatic heterocycles. The fourth-order valence-corrected chi connectivity index (χ4v) is 2.49. The third-order valence-corrected chi connectivity index (χ3v) is 3.62. The molecule has 0 aliphatic carbocycles. The number of aromatic nitrogens is 2. The largest absolute Gasteiger partial charge is 0.487 e. The maximum absolute atomic E-state index is 5.98. The number of hydrogen-bond acceptors (Lipinski definition) is 3. The molecule has 0 spiro atoms. The smallest absolute Gasteiger partial charge is 0.130 e. The molecule has 2 aromatic rings. The molecule has 4 nitrogen and oxygen atoms in total. The van der Waals surface area contributed by atoms with Gasteiger partial charge in [-0.3, -0.25) is 4.68 Å². The lowest BCUT2D eigenvalue weighted by Crippen LogP contribution is -2.10. The van der Waals surface area contributed by atoms with E-state index in [1.165, 1.54) is 0 Å². The number of halogens is 1. The normalized spacial score (nSPS) is 12.4. The minimum absolute atomic E-state index is 0.0593. The first-order valence-electron chi connectivity index (χ1n) is 6.72. The Morgan fingerprint density at radius 3 is 2.80 bits per heavy atom. The first-order valence-corrected chi connectivity index (χ1v) is 7.51. The molecule has 1 heterocycles. The zero-order valence-corrected chi connectivity index (χ0v) is 13.6. The standard InChI is InChI=1S/C15H20BrN3O/c1-4-19-13(7-10(2)18-19)9-20-15-8-12(16)5-6-14(15)11(3)17/h5-8,11H,4,9,17H2,1-3H3/t11-/m0/s1. The maximum atomic E-state index is 5.98. The molecule has 1 atom stereocenters. The molecule has 108 valence electrons. The highest BCUT2D eigenvalue weighted by molar-refractivity contribution is 9.10. The van der Waals surface area contributed by atoms with Crippen molar-refractivity contribution in [2.75, 3.05) is 0 Å². The summed E-state index contributed by atoms with van der Waals surface area (Å²) in [4.78, 5) is 0. The molecule has 0 unspecified atom stereocenters. The van der Waals surface area contributed by atoms with Crippen LogP contribution in [-0.4, -0.2) is 9.78 Å². The number of rotatable bonds is 5. The van der Waals surface area contributed by atoms with Crippen LogP contribution in [-0.2, 0) is 13.2 Å². The predicted octanol–water partition coefficient (Wildman–Crippen LogP) is 3.57. The van der Waals surface area contributed by atoms with Crippen molar-refractivity contribution in [2.24, 2.45) is 5.73 Å². The molecule has 20 heavy (non-hydrogen) atoms. The van der Waals surface area contributed by atoms with E-state index in [1.807, 2.05) is 42.8 Å². The van der Waals surface area contributed by atoms with Crippen LogP contribution in [0.2, 0.25) is 0 Å². The Hall–Kier alpha value is -1.33. The fourth-order valence-electron chi connectivity index (χ4n) is 2.15. The first kappa shape index (κ1) is 15.1. The molecule has 0 fully saturated rings. The summed E-state index contributed by atoms with van der Waals surface area (Å²) in [5.41, 5.74) is 9.06. The van der Waals surface area contributed by atoms with E-state index < -0.39 is 0 Å². The summed E-state index contributed by atoms with van der Waals surface area (Å²) in [6.45, 7) is 7.34. The van der Waals surface area contributed by atoms with Crippen LogP contribution in [0.4, 0.5) is 0 Å². The summed E-state index contributed by atoms with van der Waals surface area (Å²) in [7, 11) is 0. The average molecular weight is 338 g/mol. The molecule has 0 bridgehead atoms. The first-order chi connectivity index (χ1) is 9.51. The monoisotopic (exact) mass is 337 g/mol. The number of aryl methyl sites for hydroxylation is 2. The number of nitrogens with two attached hydrogens (primary N) is 1. The Morgan fingerprint density at radius 2 is 2.15 bits per heavy atom. The molecule has 0 aliphatic rings. The van der Waals surface area contributed by atoms with E-state index in [4.69, 9.17) is 10.5 Å². The molecule has 0 saturated heterocycles. The van der Waals surface area contributed by atoms with Crippen LogP contribution < -0.4 is 10.5 Å². The van der Waals surface area contributed by atoms with Crippen LogP contribution in [0, 0.1) is 6.92 Å². The lowest BCUT2D eigenvalue weighted by atomic mass is 10.1. The van der Waals surface area contributed by atoms with Gasteiger partial charge in [-0.2, -0.15) is 5.10 Å². The van der Waals surface area contributed by atoms with Gasteiger partial charge in [-0.05, 0) is 39.0 Å². The second-order valence-corrected chi connectivity index (χ2v) is 5.77. The molecule has 0 amide bonds. The van der Waals surface area contributed by atoms with Crippen LogP contribution in [0.15, 0.2) is 28.7 Å². The van der Waals surface area contributed by atoms with E-state index in [1.54, 1.807) is 0 Å². The van der Waals surface area contributed by atoms with Gasteiger partial charge in [-0.25, -0.2) is 0 Å². The van der Waals surface area contributed by atoms with Crippen LogP contribution in [0.1, 0.15) is 36.8 Å². The number of hydrogen-bond donors (Lipinski definition) is 1. The second kappa shape index (κ2) is 6.41. The number of benzene rings is 1. The van der Waals surface area contributed by atoms with Gasteiger partial charge in [-0.15, -0.1) is 0 Å². The number of ether oxygens (including phenoxy) is 1. The molecular weight excluding hydrogens is 318 g/mol. The van der Waals surface area contributed by atoms with Gasteiger partial charge in [0.2, 0.25) is 0 Å². The molecule has 2 N–H and O–H groups in total. The fraction of sp³-hybridized carbons (Fsp3) is 0.400. The molecule has 5 heteroatoms. The molecule has 2 rings (SSSR count). The summed E-state index contributed by atoms with van der Waals surface area (Å²) in [5, 5.41) is 4.42. The molecule has 0 radical (unpaired) electrons. The van der Waals surface area contributed by atoms with Crippen LogP contribution in [0.5, 0.6) is 5.75 Å². The van der Waals surface area contributed by atoms with Gasteiger partial charge in [0.1, 0.15) is 12.4 Å². The van der Waals surface area contributed by atoms with Crippen molar-refractivity contribution >= 4 is 15.9 Å². The molecule has 0 saturated carbocycles. The van der Waals surface area contributed by atoms with E-state index in [0.717, 1.165) is 33.7 Å². The van der Waals surface area contributed by atoms with Crippen molar-refractivity contribution in [3.8, 4) is 5.75 Å². The van der Waals surface area contributed by atoms with Gasteiger partial charge >= 0.3 is 0 Å². The molecule has 0 aliphatic heterocycles. The summed E-state index contributed by atoms with van der Waals surface area (Å²) >= 11 is 3.47. The highest BCUT2D eigenvalue weighted by Gasteiger charge is 2.11. The lowest BCUT2D eigenvalue weighted by molar-refractivity contribution is 0.288. The van der Waals surface area contributed by atoms with Crippen molar-refractivity contribution in [1.82, 2.24) is 9.78 Å². The van der Waals surface area contributed by atoms with Gasteiger partial charge in [0.15, 0.2) is 0 Å². The Kier molecular flexibility index (Phi) is 4.83. The summed E-state index contributed by atoms with van der Waals surface area (Å²) < 4.78 is 8.89. The minimum Gasteiger partial charge on any atom is -0.487 e. The molecular formula is C15H20BrN3O. The van der Waals surface area contributed by atoms with Gasteiger partial charge in [0.25, 0.3) is 0 Å². The third kappa shape index (κ3) is 3.41. The van der Waals surface area contributed by atoms with Crippen LogP contribution in [0.25, 0.3) is 0 Å². The number of nitrogens with zero attached hydrogens (tertiary/aromatic N) is 2. The average Bonchev–Trinajstić information content (AvgIpc) is 2.76. The van der Waals surface area contributed by atoms with Gasteiger partial charge in [0, 0.05) is 22.6 Å². The maximum Gasteiger partial charge on any atom is 0.130 e.